The van der Waals surface area contributed by atoms with Crippen LogP contribution in [-0.2, 0) is 25.5 Å². The van der Waals surface area contributed by atoms with E-state index in [1.807, 2.05) is 18.5 Å². The molecule has 0 aliphatic carbocycles. The molecule has 0 radical (unpaired) electrons. The Morgan fingerprint density at radius 3 is 2.08 bits per heavy atom. The lowest BCUT2D eigenvalue weighted by molar-refractivity contribution is -0.692. The first kappa shape index (κ1) is 33.3. The van der Waals surface area contributed by atoms with Gasteiger partial charge in [0.25, 0.3) is 0 Å². The molecule has 1 aliphatic heterocycles. The van der Waals surface area contributed by atoms with Gasteiger partial charge in [0, 0.05) is 12.8 Å². The Morgan fingerprint density at radius 1 is 0.944 bits per heavy atom. The lowest BCUT2D eigenvalue weighted by Crippen LogP contribution is -3.00. The summed E-state index contributed by atoms with van der Waals surface area (Å²) in [5, 5.41) is 2.03. The van der Waals surface area contributed by atoms with Crippen LogP contribution in [0.2, 0.25) is 0 Å². The molecule has 0 amide bonds. The maximum absolute atomic E-state index is 12.0. The number of thiazole rings is 1. The van der Waals surface area contributed by atoms with Gasteiger partial charge < -0.3 is 26.6 Å². The van der Waals surface area contributed by atoms with Crippen LogP contribution in [0.5, 0.6) is 0 Å². The average molecular weight is 546 g/mol. The molecule has 1 saturated heterocycles. The highest BCUT2D eigenvalue weighted by atomic mass is 35.5. The largest absolute Gasteiger partial charge is 1.00 e. The van der Waals surface area contributed by atoms with Gasteiger partial charge in [-0.25, -0.2) is 0 Å². The van der Waals surface area contributed by atoms with Crippen LogP contribution >= 0.6 is 11.3 Å². The van der Waals surface area contributed by atoms with E-state index in [9.17, 15) is 4.79 Å². The van der Waals surface area contributed by atoms with Gasteiger partial charge in [-0.2, -0.15) is 4.57 Å². The second-order valence-corrected chi connectivity index (χ2v) is 11.2. The summed E-state index contributed by atoms with van der Waals surface area (Å²) in [6.45, 7) is 5.95. The summed E-state index contributed by atoms with van der Waals surface area (Å²) in [5.41, 5.74) is 2.05. The first-order valence-electron chi connectivity index (χ1n) is 14.5. The molecule has 0 N–H and O–H groups in total. The first-order chi connectivity index (χ1) is 17.1. The van der Waals surface area contributed by atoms with Gasteiger partial charge in [0.2, 0.25) is 5.51 Å². The van der Waals surface area contributed by atoms with Gasteiger partial charge in [0.1, 0.15) is 19.3 Å². The molecule has 0 saturated carbocycles. The zero-order valence-corrected chi connectivity index (χ0v) is 24.6. The fourth-order valence-electron chi connectivity index (χ4n) is 4.77. The number of nitrogens with zero attached hydrogens (tertiary/aromatic N) is 1. The molecule has 0 aromatic carbocycles. The number of carbonyl (C=O) groups excluding carboxylic acids is 1. The van der Waals surface area contributed by atoms with Crippen molar-refractivity contribution < 1.29 is 36.0 Å². The van der Waals surface area contributed by atoms with E-state index in [-0.39, 0.29) is 24.5 Å². The Morgan fingerprint density at radius 2 is 1.53 bits per heavy atom. The number of carbonyl (C=O) groups is 1. The van der Waals surface area contributed by atoms with E-state index >= 15 is 0 Å². The van der Waals surface area contributed by atoms with Gasteiger partial charge in [0.05, 0.1) is 18.4 Å². The molecule has 7 heteroatoms. The third-order valence-corrected chi connectivity index (χ3v) is 7.65. The lowest BCUT2D eigenvalue weighted by Gasteiger charge is -2.23. The lowest BCUT2D eigenvalue weighted by atomic mass is 10.0. The summed E-state index contributed by atoms with van der Waals surface area (Å²) in [4.78, 5) is 12.0. The van der Waals surface area contributed by atoms with Crippen LogP contribution in [0.4, 0.5) is 0 Å². The number of unbranched alkanes of at least 4 members (excludes halogenated alkanes) is 14. The standard InChI is InChI=1S/C29H52NO4S.ClH/c1-3-4-5-6-7-8-9-10-11-12-13-14-15-16-17-20-29(2)33-25-27(34-29)24-32-28(31)19-18-21-30-22-23-35-26-30;/h22-23,26-27H,3-21,24-25H2,1-2H3;1H/q+1;/p-1. The molecule has 36 heavy (non-hydrogen) atoms. The molecule has 2 heterocycles. The van der Waals surface area contributed by atoms with Crippen molar-refractivity contribution in [3.8, 4) is 0 Å². The number of hydrogen-bond acceptors (Lipinski definition) is 5. The Balaban J connectivity index is 0.00000648. The predicted molar refractivity (Wildman–Crippen MR) is 143 cm³/mol. The zero-order chi connectivity index (χ0) is 25.0. The van der Waals surface area contributed by atoms with Crippen LogP contribution in [0.1, 0.15) is 129 Å². The van der Waals surface area contributed by atoms with Crippen molar-refractivity contribution in [2.24, 2.45) is 0 Å². The summed E-state index contributed by atoms with van der Waals surface area (Å²) in [6.07, 6.45) is 24.6. The Hall–Kier alpha value is -0.690. The van der Waals surface area contributed by atoms with Crippen LogP contribution in [0.25, 0.3) is 0 Å². The van der Waals surface area contributed by atoms with E-state index < -0.39 is 5.79 Å². The SMILES string of the molecule is CCCCCCCCCCCCCCCCCC1(C)OCC(COC(=O)CCC[n+]2ccsc2)O1.[Cl-]. The van der Waals surface area contributed by atoms with E-state index in [0.29, 0.717) is 19.6 Å². The van der Waals surface area contributed by atoms with Gasteiger partial charge in [-0.05, 0) is 13.3 Å². The number of aryl methyl sites for hydroxylation is 1. The zero-order valence-electron chi connectivity index (χ0n) is 23.0. The summed E-state index contributed by atoms with van der Waals surface area (Å²) in [5.74, 6) is -0.677. The second-order valence-electron chi connectivity index (χ2n) is 10.4. The van der Waals surface area contributed by atoms with Crippen molar-refractivity contribution in [3.05, 3.63) is 17.1 Å². The van der Waals surface area contributed by atoms with Gasteiger partial charge in [-0.15, -0.1) is 0 Å². The van der Waals surface area contributed by atoms with E-state index in [1.165, 1.54) is 89.9 Å². The van der Waals surface area contributed by atoms with Crippen molar-refractivity contribution in [1.82, 2.24) is 0 Å². The third-order valence-electron chi connectivity index (χ3n) is 6.98. The minimum absolute atomic E-state index is 0. The van der Waals surface area contributed by atoms with Crippen molar-refractivity contribution >= 4 is 17.3 Å². The topological polar surface area (TPSA) is 48.6 Å². The Labute approximate surface area is 231 Å². The van der Waals surface area contributed by atoms with Crippen LogP contribution < -0.4 is 17.0 Å². The molecule has 2 atom stereocenters. The fourth-order valence-corrected chi connectivity index (χ4v) is 5.40. The summed E-state index contributed by atoms with van der Waals surface area (Å²) in [6, 6.07) is 0. The molecule has 1 fully saturated rings. The van der Waals surface area contributed by atoms with Gasteiger partial charge in [-0.3, -0.25) is 4.79 Å². The van der Waals surface area contributed by atoms with Gasteiger partial charge in [-0.1, -0.05) is 108 Å². The molecular formula is C29H52ClNO4S. The third kappa shape index (κ3) is 16.2. The number of ether oxygens (including phenoxy) is 3. The molecule has 210 valence electrons. The van der Waals surface area contributed by atoms with Crippen LogP contribution in [-0.4, -0.2) is 31.1 Å². The number of hydrogen-bond donors (Lipinski definition) is 0. The molecular weight excluding hydrogens is 494 g/mol. The Bertz CT molecular complexity index is 645. The normalized spacial score (nSPS) is 19.3. The first-order valence-corrected chi connectivity index (χ1v) is 15.4. The Kier molecular flexibility index (Phi) is 19.7. The van der Waals surface area contributed by atoms with Crippen LogP contribution in [0.3, 0.4) is 0 Å². The quantitative estimate of drug-likeness (QED) is 0.120. The fraction of sp³-hybridized carbons (Fsp3) is 0.862. The van der Waals surface area contributed by atoms with Crippen LogP contribution in [0, 0.1) is 0 Å². The molecule has 5 nitrogen and oxygen atoms in total. The molecule has 1 aliphatic rings. The minimum Gasteiger partial charge on any atom is -1.00 e. The van der Waals surface area contributed by atoms with E-state index in [1.54, 1.807) is 11.3 Å². The van der Waals surface area contributed by atoms with Crippen molar-refractivity contribution in [3.63, 3.8) is 0 Å². The van der Waals surface area contributed by atoms with E-state index in [2.05, 4.69) is 17.0 Å². The van der Waals surface area contributed by atoms with Gasteiger partial charge >= 0.3 is 5.97 Å². The smallest absolute Gasteiger partial charge is 0.306 e. The molecule has 0 bridgehead atoms. The van der Waals surface area contributed by atoms with Crippen molar-refractivity contribution in [1.29, 1.82) is 0 Å². The van der Waals surface area contributed by atoms with Gasteiger partial charge in [0.15, 0.2) is 12.0 Å². The second kappa shape index (κ2) is 21.3. The molecule has 1 aromatic heterocycles. The minimum atomic E-state index is -0.525. The number of aromatic nitrogens is 1. The number of rotatable bonds is 22. The van der Waals surface area contributed by atoms with Crippen molar-refractivity contribution in [2.45, 2.75) is 148 Å². The van der Waals surface area contributed by atoms with E-state index in [4.69, 9.17) is 14.2 Å². The molecule has 1 aromatic rings. The number of esters is 1. The maximum Gasteiger partial charge on any atom is 0.306 e. The summed E-state index contributed by atoms with van der Waals surface area (Å²) < 4.78 is 19.5. The van der Waals surface area contributed by atoms with E-state index in [0.717, 1.165) is 25.8 Å². The average Bonchev–Trinajstić information content (AvgIpc) is 3.50. The highest BCUT2D eigenvalue weighted by molar-refractivity contribution is 7.07. The summed E-state index contributed by atoms with van der Waals surface area (Å²) in [7, 11) is 0. The summed E-state index contributed by atoms with van der Waals surface area (Å²) >= 11 is 1.66. The number of halogens is 1. The predicted octanol–water partition coefficient (Wildman–Crippen LogP) is 4.76. The highest BCUT2D eigenvalue weighted by Gasteiger charge is 2.37. The van der Waals surface area contributed by atoms with Crippen molar-refractivity contribution in [2.75, 3.05) is 13.2 Å². The van der Waals surface area contributed by atoms with Crippen LogP contribution in [0.15, 0.2) is 17.1 Å². The maximum atomic E-state index is 12.0. The molecule has 0 spiro atoms. The highest BCUT2D eigenvalue weighted by Crippen LogP contribution is 2.29. The molecule has 2 rings (SSSR count). The molecule has 2 unspecified atom stereocenters. The monoisotopic (exact) mass is 545 g/mol.